The van der Waals surface area contributed by atoms with E-state index >= 15 is 0 Å². The molecule has 0 aliphatic carbocycles. The molecule has 1 fully saturated rings. The third-order valence-corrected chi connectivity index (χ3v) is 8.84. The fourth-order valence-electron chi connectivity index (χ4n) is 5.55. The number of piperazine rings is 1. The first-order chi connectivity index (χ1) is 18.2. The lowest BCUT2D eigenvalue weighted by atomic mass is 9.86. The van der Waals surface area contributed by atoms with E-state index in [4.69, 9.17) is 15.2 Å². The highest BCUT2D eigenvalue weighted by Gasteiger charge is 2.43. The number of ether oxygens (including phenoxy) is 2. The van der Waals surface area contributed by atoms with Crippen LogP contribution in [0.1, 0.15) is 40.5 Å². The lowest BCUT2D eigenvalue weighted by molar-refractivity contribution is -0.148. The molecular formula is C30H37ClN4O3S. The number of anilines is 1. The van der Waals surface area contributed by atoms with Gasteiger partial charge in [-0.2, -0.15) is 0 Å². The van der Waals surface area contributed by atoms with E-state index in [1.54, 1.807) is 18.4 Å². The molecular weight excluding hydrogens is 532 g/mol. The molecule has 1 aromatic heterocycles. The van der Waals surface area contributed by atoms with E-state index in [1.807, 2.05) is 41.5 Å². The molecule has 2 aromatic carbocycles. The van der Waals surface area contributed by atoms with Crippen LogP contribution >= 0.6 is 23.7 Å². The van der Waals surface area contributed by atoms with Gasteiger partial charge in [0, 0.05) is 43.9 Å². The molecule has 0 saturated carbocycles. The summed E-state index contributed by atoms with van der Waals surface area (Å²) in [5.41, 5.74) is 11.6. The number of nitrogens with two attached hydrogens (primary N) is 1. The number of carbonyl (C=O) groups is 1. The summed E-state index contributed by atoms with van der Waals surface area (Å²) in [7, 11) is 1.71. The maximum absolute atomic E-state index is 13.7. The number of hydrogen-bond acceptors (Lipinski definition) is 6. The Morgan fingerprint density at radius 2 is 1.74 bits per heavy atom. The minimum absolute atomic E-state index is 0. The summed E-state index contributed by atoms with van der Waals surface area (Å²) >= 11 is 1.58. The van der Waals surface area contributed by atoms with Crippen LogP contribution in [0, 0.1) is 20.8 Å². The number of rotatable bonds is 5. The third-order valence-electron chi connectivity index (χ3n) is 7.95. The van der Waals surface area contributed by atoms with E-state index in [0.717, 1.165) is 69.5 Å². The second kappa shape index (κ2) is 11.5. The van der Waals surface area contributed by atoms with Gasteiger partial charge in [-0.3, -0.25) is 4.79 Å². The van der Waals surface area contributed by atoms with Crippen molar-refractivity contribution < 1.29 is 14.3 Å². The summed E-state index contributed by atoms with van der Waals surface area (Å²) in [6.07, 6.45) is 1.45. The summed E-state index contributed by atoms with van der Waals surface area (Å²) < 4.78 is 12.2. The van der Waals surface area contributed by atoms with Crippen LogP contribution in [0.5, 0.6) is 11.5 Å². The molecule has 3 heterocycles. The fraction of sp³-hybridized carbons (Fsp3) is 0.400. The lowest BCUT2D eigenvalue weighted by Crippen LogP contribution is -2.57. The number of methoxy groups -OCH3 is 1. The van der Waals surface area contributed by atoms with Gasteiger partial charge in [-0.05, 0) is 86.5 Å². The number of halogens is 1. The number of benzene rings is 2. The maximum Gasteiger partial charge on any atom is 0.266 e. The van der Waals surface area contributed by atoms with Crippen LogP contribution in [-0.4, -0.2) is 55.5 Å². The van der Waals surface area contributed by atoms with Crippen molar-refractivity contribution in [2.45, 2.75) is 46.1 Å². The van der Waals surface area contributed by atoms with E-state index in [2.05, 4.69) is 42.8 Å². The predicted octanol–water partition coefficient (Wildman–Crippen LogP) is 5.57. The number of amidine groups is 1. The predicted molar refractivity (Wildman–Crippen MR) is 162 cm³/mol. The normalized spacial score (nSPS) is 19.2. The van der Waals surface area contributed by atoms with Crippen LogP contribution in [0.3, 0.4) is 0 Å². The van der Waals surface area contributed by atoms with Crippen LogP contribution in [-0.2, 0) is 11.2 Å². The van der Waals surface area contributed by atoms with Gasteiger partial charge in [0.2, 0.25) is 0 Å². The molecule has 2 N–H and O–H groups in total. The topological polar surface area (TPSA) is 80.4 Å². The SMILES string of the molecule is COc1c(C)c(C)c2c(c1C)CCC(C)(C(=O)N1CCN(c3ccc(N=C(N)c4cccs4)cc3)CC1)O2.Cl. The minimum atomic E-state index is -0.866. The van der Waals surface area contributed by atoms with Gasteiger partial charge in [0.1, 0.15) is 17.3 Å². The zero-order valence-corrected chi connectivity index (χ0v) is 24.9. The van der Waals surface area contributed by atoms with Gasteiger partial charge in [-0.25, -0.2) is 4.99 Å². The van der Waals surface area contributed by atoms with E-state index in [9.17, 15) is 4.79 Å². The molecule has 39 heavy (non-hydrogen) atoms. The van der Waals surface area contributed by atoms with Gasteiger partial charge >= 0.3 is 0 Å². The largest absolute Gasteiger partial charge is 0.496 e. The van der Waals surface area contributed by atoms with E-state index < -0.39 is 5.60 Å². The zero-order chi connectivity index (χ0) is 27.0. The van der Waals surface area contributed by atoms with E-state index in [1.165, 1.54) is 0 Å². The van der Waals surface area contributed by atoms with Crippen molar-refractivity contribution in [1.82, 2.24) is 4.90 Å². The molecule has 1 unspecified atom stereocenters. The van der Waals surface area contributed by atoms with Gasteiger partial charge in [0.15, 0.2) is 5.60 Å². The van der Waals surface area contributed by atoms with Crippen molar-refractivity contribution in [2.75, 3.05) is 38.2 Å². The van der Waals surface area contributed by atoms with Gasteiger partial charge in [0.05, 0.1) is 17.7 Å². The molecule has 0 bridgehead atoms. The second-order valence-corrected chi connectivity index (χ2v) is 11.3. The standard InChI is InChI=1S/C30H36N4O3S.ClH/c1-19-20(2)27-24(21(3)26(19)36-5)12-13-30(4,37-27)29(35)34-16-14-33(15-17-34)23-10-8-22(9-11-23)32-28(31)25-7-6-18-38-25;/h6-11,18H,12-17H2,1-5H3,(H2,31,32);1H. The van der Waals surface area contributed by atoms with Gasteiger partial charge in [0.25, 0.3) is 5.91 Å². The Kier molecular flexibility index (Phi) is 8.47. The Morgan fingerprint density at radius 3 is 2.36 bits per heavy atom. The molecule has 1 saturated heterocycles. The molecule has 7 nitrogen and oxygen atoms in total. The molecule has 1 atom stereocenters. The van der Waals surface area contributed by atoms with Crippen molar-refractivity contribution in [2.24, 2.45) is 10.7 Å². The first-order valence-electron chi connectivity index (χ1n) is 13.1. The highest BCUT2D eigenvalue weighted by atomic mass is 35.5. The summed E-state index contributed by atoms with van der Waals surface area (Å²) in [5, 5.41) is 1.99. The Hall–Kier alpha value is -3.23. The van der Waals surface area contributed by atoms with E-state index in [0.29, 0.717) is 25.3 Å². The van der Waals surface area contributed by atoms with E-state index in [-0.39, 0.29) is 18.3 Å². The Morgan fingerprint density at radius 1 is 1.05 bits per heavy atom. The number of carbonyl (C=O) groups excluding carboxylic acids is 1. The summed E-state index contributed by atoms with van der Waals surface area (Å²) in [6.45, 7) is 11.0. The average Bonchev–Trinajstić information content (AvgIpc) is 3.48. The number of aliphatic imine (C=N–C) groups is 1. The van der Waals surface area contributed by atoms with Crippen molar-refractivity contribution in [1.29, 1.82) is 0 Å². The second-order valence-electron chi connectivity index (χ2n) is 10.3. The summed E-state index contributed by atoms with van der Waals surface area (Å²) in [4.78, 5) is 23.5. The lowest BCUT2D eigenvalue weighted by Gasteiger charge is -2.42. The van der Waals surface area contributed by atoms with Crippen LogP contribution in [0.4, 0.5) is 11.4 Å². The van der Waals surface area contributed by atoms with Crippen LogP contribution in [0.15, 0.2) is 46.8 Å². The molecule has 9 heteroatoms. The molecule has 1 amide bonds. The zero-order valence-electron chi connectivity index (χ0n) is 23.2. The Labute approximate surface area is 241 Å². The molecule has 5 rings (SSSR count). The fourth-order valence-corrected chi connectivity index (χ4v) is 6.18. The highest BCUT2D eigenvalue weighted by Crippen LogP contribution is 2.44. The first kappa shape index (κ1) is 28.8. The highest BCUT2D eigenvalue weighted by molar-refractivity contribution is 7.12. The molecule has 0 radical (unpaired) electrons. The van der Waals surface area contributed by atoms with Gasteiger partial charge in [-0.1, -0.05) is 6.07 Å². The maximum atomic E-state index is 13.7. The molecule has 2 aliphatic heterocycles. The number of amides is 1. The monoisotopic (exact) mass is 568 g/mol. The Bertz CT molecular complexity index is 1370. The summed E-state index contributed by atoms with van der Waals surface area (Å²) in [5.74, 6) is 2.37. The smallest absolute Gasteiger partial charge is 0.266 e. The van der Waals surface area contributed by atoms with Gasteiger partial charge < -0.3 is 25.0 Å². The molecule has 3 aromatic rings. The van der Waals surface area contributed by atoms with Crippen molar-refractivity contribution in [3.8, 4) is 11.5 Å². The van der Waals surface area contributed by atoms with Crippen LogP contribution in [0.25, 0.3) is 0 Å². The number of hydrogen-bond donors (Lipinski definition) is 1. The number of nitrogens with zero attached hydrogens (tertiary/aromatic N) is 3. The third kappa shape index (κ3) is 5.45. The van der Waals surface area contributed by atoms with Gasteiger partial charge in [-0.15, -0.1) is 23.7 Å². The number of fused-ring (bicyclic) bond motifs is 1. The molecule has 0 spiro atoms. The minimum Gasteiger partial charge on any atom is -0.496 e. The van der Waals surface area contributed by atoms with Crippen LogP contribution < -0.4 is 20.1 Å². The van der Waals surface area contributed by atoms with Crippen molar-refractivity contribution in [3.05, 3.63) is 68.9 Å². The molecule has 208 valence electrons. The number of thiophene rings is 1. The van der Waals surface area contributed by atoms with Crippen molar-refractivity contribution >= 4 is 46.9 Å². The summed E-state index contributed by atoms with van der Waals surface area (Å²) in [6, 6.07) is 12.1. The average molecular weight is 569 g/mol. The quantitative estimate of drug-likeness (QED) is 0.321. The van der Waals surface area contributed by atoms with Crippen molar-refractivity contribution in [3.63, 3.8) is 0 Å². The molecule has 2 aliphatic rings. The van der Waals surface area contributed by atoms with Crippen LogP contribution in [0.2, 0.25) is 0 Å². The Balaban J connectivity index is 0.00000353. The first-order valence-corrected chi connectivity index (χ1v) is 14.0.